The third-order valence-corrected chi connectivity index (χ3v) is 5.23. The van der Waals surface area contributed by atoms with E-state index < -0.39 is 30.4 Å². The molecule has 0 spiro atoms. The van der Waals surface area contributed by atoms with Gasteiger partial charge in [0.25, 0.3) is 0 Å². The first-order chi connectivity index (χ1) is 14.5. The molecule has 12 heteroatoms. The monoisotopic (exact) mass is 422 g/mol. The van der Waals surface area contributed by atoms with Crippen LogP contribution in [0.25, 0.3) is 11.2 Å². The maximum Gasteiger partial charge on any atom is 0.217 e. The minimum Gasteiger partial charge on any atom is -0.387 e. The Morgan fingerprint density at radius 1 is 1.33 bits per heavy atom. The summed E-state index contributed by atoms with van der Waals surface area (Å²) >= 11 is 0. The van der Waals surface area contributed by atoms with Crippen LogP contribution in [-0.4, -0.2) is 86.4 Å². The van der Waals surface area contributed by atoms with Gasteiger partial charge >= 0.3 is 0 Å². The summed E-state index contributed by atoms with van der Waals surface area (Å²) in [6.45, 7) is 1.68. The quantitative estimate of drug-likeness (QED) is 0.365. The highest BCUT2D eigenvalue weighted by Gasteiger charge is 2.44. The lowest BCUT2D eigenvalue weighted by Gasteiger charge is -2.17. The molecule has 1 amide bonds. The number of carbonyl (C=O) groups is 1. The Morgan fingerprint density at radius 2 is 2.20 bits per heavy atom. The molecule has 30 heavy (non-hydrogen) atoms. The molecule has 164 valence electrons. The Kier molecular flexibility index (Phi) is 6.39. The number of amides is 1. The summed E-state index contributed by atoms with van der Waals surface area (Å²) < 4.78 is 18.3. The normalized spacial score (nSPS) is 28.9. The first-order valence-corrected chi connectivity index (χ1v) is 9.94. The number of aromatic nitrogens is 4. The van der Waals surface area contributed by atoms with Crippen molar-refractivity contribution in [1.29, 1.82) is 0 Å². The number of ether oxygens (including phenoxy) is 3. The number of nitrogens with one attached hydrogen (secondary N) is 1. The molecule has 4 rings (SSSR count). The molecule has 5 atom stereocenters. The Bertz CT molecular complexity index is 872. The SMILES string of the molecule is NC(=O)CCCOC[C@H]1O[C@@H](n2cnc3c(N[C@@H]4CCOC4)ncnc32)[C@H](O)[C@H]1O. The average molecular weight is 422 g/mol. The number of anilines is 1. The minimum atomic E-state index is -1.18. The van der Waals surface area contributed by atoms with E-state index in [1.165, 1.54) is 12.7 Å². The first-order valence-electron chi connectivity index (χ1n) is 9.94. The molecule has 0 bridgehead atoms. The second-order valence-corrected chi connectivity index (χ2v) is 7.44. The van der Waals surface area contributed by atoms with Crippen molar-refractivity contribution in [1.82, 2.24) is 19.5 Å². The highest BCUT2D eigenvalue weighted by Crippen LogP contribution is 2.32. The molecule has 2 aromatic heterocycles. The number of aliphatic hydroxyl groups is 2. The van der Waals surface area contributed by atoms with Crippen molar-refractivity contribution in [3.63, 3.8) is 0 Å². The van der Waals surface area contributed by atoms with Crippen LogP contribution in [-0.2, 0) is 19.0 Å². The van der Waals surface area contributed by atoms with E-state index in [1.54, 1.807) is 4.57 Å². The molecule has 4 heterocycles. The van der Waals surface area contributed by atoms with Crippen LogP contribution in [0.1, 0.15) is 25.5 Å². The number of hydrogen-bond donors (Lipinski definition) is 4. The highest BCUT2D eigenvalue weighted by atomic mass is 16.6. The molecule has 0 saturated carbocycles. The van der Waals surface area contributed by atoms with Gasteiger partial charge in [-0.15, -0.1) is 0 Å². The van der Waals surface area contributed by atoms with E-state index in [0.29, 0.717) is 43.2 Å². The fraction of sp³-hybridized carbons (Fsp3) is 0.667. The van der Waals surface area contributed by atoms with Crippen LogP contribution in [0.4, 0.5) is 5.82 Å². The van der Waals surface area contributed by atoms with Gasteiger partial charge in [0.2, 0.25) is 5.91 Å². The van der Waals surface area contributed by atoms with E-state index in [9.17, 15) is 15.0 Å². The topological polar surface area (TPSA) is 167 Å². The molecule has 5 N–H and O–H groups in total. The first kappa shape index (κ1) is 20.9. The van der Waals surface area contributed by atoms with Crippen molar-refractivity contribution in [3.8, 4) is 0 Å². The molecule has 2 fully saturated rings. The van der Waals surface area contributed by atoms with E-state index in [0.717, 1.165) is 6.42 Å². The number of rotatable bonds is 9. The molecular formula is C18H26N6O6. The van der Waals surface area contributed by atoms with Crippen LogP contribution in [0.5, 0.6) is 0 Å². The summed E-state index contributed by atoms with van der Waals surface area (Å²) in [6, 6.07) is 0.152. The largest absolute Gasteiger partial charge is 0.387 e. The van der Waals surface area contributed by atoms with Crippen LogP contribution in [0.3, 0.4) is 0 Å². The number of fused-ring (bicyclic) bond motifs is 1. The Labute approximate surface area is 172 Å². The molecular weight excluding hydrogens is 396 g/mol. The highest BCUT2D eigenvalue weighted by molar-refractivity contribution is 5.82. The molecule has 12 nitrogen and oxygen atoms in total. The average Bonchev–Trinajstić information content (AvgIpc) is 3.44. The summed E-state index contributed by atoms with van der Waals surface area (Å²) in [5.41, 5.74) is 6.11. The summed E-state index contributed by atoms with van der Waals surface area (Å²) in [4.78, 5) is 23.7. The fourth-order valence-electron chi connectivity index (χ4n) is 3.63. The van der Waals surface area contributed by atoms with E-state index in [4.69, 9.17) is 19.9 Å². The van der Waals surface area contributed by atoms with Crippen LogP contribution >= 0.6 is 0 Å². The van der Waals surface area contributed by atoms with Gasteiger partial charge in [0, 0.05) is 19.6 Å². The molecule has 2 aromatic rings. The van der Waals surface area contributed by atoms with Crippen LogP contribution < -0.4 is 11.1 Å². The molecule has 2 aliphatic heterocycles. The Hall–Kier alpha value is -2.38. The van der Waals surface area contributed by atoms with Crippen molar-refractivity contribution in [3.05, 3.63) is 12.7 Å². The number of imidazole rings is 1. The predicted octanol–water partition coefficient (Wildman–Crippen LogP) is -1.07. The molecule has 2 saturated heterocycles. The molecule has 0 aliphatic carbocycles. The van der Waals surface area contributed by atoms with Crippen molar-refractivity contribution in [2.75, 3.05) is 31.7 Å². The van der Waals surface area contributed by atoms with Gasteiger partial charge in [0.05, 0.1) is 25.6 Å². The lowest BCUT2D eigenvalue weighted by atomic mass is 10.1. The molecule has 0 radical (unpaired) electrons. The van der Waals surface area contributed by atoms with Gasteiger partial charge in [0.1, 0.15) is 24.6 Å². The van der Waals surface area contributed by atoms with E-state index in [2.05, 4.69) is 20.3 Å². The lowest BCUT2D eigenvalue weighted by molar-refractivity contribution is -0.118. The molecule has 0 unspecified atom stereocenters. The van der Waals surface area contributed by atoms with E-state index in [1.807, 2.05) is 0 Å². The predicted molar refractivity (Wildman–Crippen MR) is 103 cm³/mol. The number of primary amides is 1. The third-order valence-electron chi connectivity index (χ3n) is 5.23. The van der Waals surface area contributed by atoms with Crippen molar-refractivity contribution >= 4 is 22.9 Å². The van der Waals surface area contributed by atoms with Gasteiger partial charge < -0.3 is 35.5 Å². The number of nitrogens with zero attached hydrogens (tertiary/aromatic N) is 4. The second-order valence-electron chi connectivity index (χ2n) is 7.44. The third kappa shape index (κ3) is 4.37. The maximum absolute atomic E-state index is 10.8. The zero-order valence-electron chi connectivity index (χ0n) is 16.4. The number of carbonyl (C=O) groups excluding carboxylic acids is 1. The summed E-state index contributed by atoms with van der Waals surface area (Å²) in [6.07, 6.45) is 0.576. The second kappa shape index (κ2) is 9.18. The maximum atomic E-state index is 10.8. The standard InChI is InChI=1S/C18H26N6O6/c19-12(25)2-1-4-28-7-11-14(26)15(27)18(30-11)24-9-22-13-16(20-8-21-17(13)24)23-10-3-5-29-6-10/h8-11,14-15,18,26-27H,1-7H2,(H2,19,25)(H,20,21,23)/t10-,11-,14+,15-,18-/m1/s1. The van der Waals surface area contributed by atoms with E-state index >= 15 is 0 Å². The summed E-state index contributed by atoms with van der Waals surface area (Å²) in [7, 11) is 0. The fourth-order valence-corrected chi connectivity index (χ4v) is 3.63. The molecule has 0 aromatic carbocycles. The van der Waals surface area contributed by atoms with Crippen LogP contribution in [0, 0.1) is 0 Å². The minimum absolute atomic E-state index is 0.0730. The zero-order valence-corrected chi connectivity index (χ0v) is 16.4. The van der Waals surface area contributed by atoms with E-state index in [-0.39, 0.29) is 19.1 Å². The van der Waals surface area contributed by atoms with Gasteiger partial charge in [-0.2, -0.15) is 0 Å². The summed E-state index contributed by atoms with van der Waals surface area (Å²) in [5.74, 6) is 0.186. The van der Waals surface area contributed by atoms with Crippen molar-refractivity contribution in [2.45, 2.75) is 49.8 Å². The van der Waals surface area contributed by atoms with Crippen molar-refractivity contribution in [2.24, 2.45) is 5.73 Å². The molecule has 2 aliphatic rings. The smallest absolute Gasteiger partial charge is 0.217 e. The van der Waals surface area contributed by atoms with Gasteiger partial charge in [-0.3, -0.25) is 9.36 Å². The van der Waals surface area contributed by atoms with Gasteiger partial charge in [-0.05, 0) is 12.8 Å². The number of aliphatic hydroxyl groups excluding tert-OH is 2. The lowest BCUT2D eigenvalue weighted by Crippen LogP contribution is -2.34. The Morgan fingerprint density at radius 3 is 2.97 bits per heavy atom. The zero-order chi connectivity index (χ0) is 21.1. The van der Waals surface area contributed by atoms with Gasteiger partial charge in [-0.1, -0.05) is 0 Å². The Balaban J connectivity index is 1.43. The summed E-state index contributed by atoms with van der Waals surface area (Å²) in [5, 5.41) is 24.2. The van der Waals surface area contributed by atoms with Gasteiger partial charge in [0.15, 0.2) is 23.2 Å². The van der Waals surface area contributed by atoms with Crippen LogP contribution in [0.15, 0.2) is 12.7 Å². The number of hydrogen-bond acceptors (Lipinski definition) is 10. The van der Waals surface area contributed by atoms with Gasteiger partial charge in [-0.25, -0.2) is 15.0 Å². The van der Waals surface area contributed by atoms with Crippen LogP contribution in [0.2, 0.25) is 0 Å². The van der Waals surface area contributed by atoms with Crippen molar-refractivity contribution < 1.29 is 29.2 Å². The number of nitrogens with two attached hydrogens (primary N) is 1.